The normalized spacial score (nSPS) is 11.7. The van der Waals surface area contributed by atoms with Gasteiger partial charge in [-0.2, -0.15) is 0 Å². The first-order chi connectivity index (χ1) is 27.8. The van der Waals surface area contributed by atoms with Crippen LogP contribution >= 0.6 is 0 Å². The number of hydrogen-bond donors (Lipinski definition) is 4. The van der Waals surface area contributed by atoms with Gasteiger partial charge in [0.15, 0.2) is 0 Å². The summed E-state index contributed by atoms with van der Waals surface area (Å²) in [6.07, 6.45) is 0. The van der Waals surface area contributed by atoms with Gasteiger partial charge in [0.25, 0.3) is 0 Å². The van der Waals surface area contributed by atoms with Gasteiger partial charge in [-0.3, -0.25) is 0 Å². The average molecular weight is 837 g/mol. The number of hydrogen-bond acceptors (Lipinski definition) is 10. The summed E-state index contributed by atoms with van der Waals surface area (Å²) in [6.45, 7) is 4.06. The summed E-state index contributed by atoms with van der Waals surface area (Å²) in [5.41, 5.74) is -0.961. The largest absolute Gasteiger partial charge is 0.478 e. The van der Waals surface area contributed by atoms with Gasteiger partial charge in [-0.1, -0.05) is 38.1 Å². The van der Waals surface area contributed by atoms with Crippen LogP contribution in [0.5, 0.6) is 23.0 Å². The summed E-state index contributed by atoms with van der Waals surface area (Å²) in [5.74, 6) is -4.54. The molecule has 6 aromatic carbocycles. The number of rotatable bonds is 14. The second-order valence-electron chi connectivity index (χ2n) is 13.5. The van der Waals surface area contributed by atoms with Gasteiger partial charge < -0.3 is 29.9 Å². The van der Waals surface area contributed by atoms with E-state index in [2.05, 4.69) is 0 Å². The monoisotopic (exact) mass is 836 g/mol. The molecule has 6 rings (SSSR count). The van der Waals surface area contributed by atoms with Gasteiger partial charge in [0.1, 0.15) is 23.0 Å². The predicted molar refractivity (Wildman–Crippen MR) is 210 cm³/mol. The van der Waals surface area contributed by atoms with E-state index in [9.17, 15) is 56.4 Å². The summed E-state index contributed by atoms with van der Waals surface area (Å²) in [5, 5.41) is 37.3. The van der Waals surface area contributed by atoms with Crippen molar-refractivity contribution < 1.29 is 65.9 Å². The molecule has 59 heavy (non-hydrogen) atoms. The van der Waals surface area contributed by atoms with Crippen LogP contribution < -0.4 is 9.47 Å². The maximum Gasteiger partial charge on any atom is 0.336 e. The number of aromatic carboxylic acids is 4. The van der Waals surface area contributed by atoms with Crippen molar-refractivity contribution in [3.8, 4) is 23.0 Å². The van der Waals surface area contributed by atoms with E-state index in [4.69, 9.17) is 9.47 Å². The third-order valence-corrected chi connectivity index (χ3v) is 13.0. The van der Waals surface area contributed by atoms with E-state index >= 15 is 0 Å². The van der Waals surface area contributed by atoms with Gasteiger partial charge in [-0.25, -0.2) is 36.0 Å². The van der Waals surface area contributed by atoms with Crippen LogP contribution in [-0.2, 0) is 25.1 Å². The third kappa shape index (κ3) is 8.53. The molecule has 0 spiro atoms. The number of carboxylic acid groups (broad SMARTS) is 4. The molecule has 14 nitrogen and oxygen atoms in total. The maximum atomic E-state index is 13.2. The fourth-order valence-electron chi connectivity index (χ4n) is 6.07. The first kappa shape index (κ1) is 41.3. The molecule has 0 aliphatic heterocycles. The van der Waals surface area contributed by atoms with Crippen molar-refractivity contribution in [1.82, 2.24) is 0 Å². The van der Waals surface area contributed by atoms with E-state index < -0.39 is 71.2 Å². The molecule has 0 saturated carbocycles. The Hall–Kier alpha value is -7.30. The van der Waals surface area contributed by atoms with Crippen molar-refractivity contribution in [3.63, 3.8) is 0 Å². The van der Waals surface area contributed by atoms with Crippen molar-refractivity contribution in [2.75, 3.05) is 0 Å². The van der Waals surface area contributed by atoms with Gasteiger partial charge in [-0.15, -0.1) is 0 Å². The highest BCUT2D eigenvalue weighted by molar-refractivity contribution is 7.91. The molecule has 0 amide bonds. The standard InChI is InChI=1S/C43H32O14S2/c1-43(2,25-3-7-27(8-4-25)56-29-11-15-31(16-12-29)58(52,53)33-19-21-35(39(44)45)37(23-33)41(48)49)26-5-9-28(10-6-26)57-30-13-17-32(18-14-30)59(54,55)34-20-22-36(40(46)47)38(24-34)42(50)51/h3-24H,1-2H3,(H,44,45)(H,46,47)(H,48,49)(H,50,51). The molecule has 4 N–H and O–H groups in total. The minimum Gasteiger partial charge on any atom is -0.478 e. The van der Waals surface area contributed by atoms with Crippen molar-refractivity contribution in [1.29, 1.82) is 0 Å². The van der Waals surface area contributed by atoms with Crippen LogP contribution in [0.2, 0.25) is 0 Å². The van der Waals surface area contributed by atoms with Gasteiger partial charge in [0.05, 0.1) is 41.8 Å². The van der Waals surface area contributed by atoms with Crippen molar-refractivity contribution in [2.45, 2.75) is 38.8 Å². The summed E-state index contributed by atoms with van der Waals surface area (Å²) in [4.78, 5) is 44.8. The van der Waals surface area contributed by atoms with E-state index in [0.717, 1.165) is 47.5 Å². The Labute approximate surface area is 337 Å². The number of benzene rings is 6. The zero-order valence-electron chi connectivity index (χ0n) is 30.9. The fourth-order valence-corrected chi connectivity index (χ4v) is 8.65. The molecule has 0 atom stereocenters. The van der Waals surface area contributed by atoms with Crippen LogP contribution in [0.4, 0.5) is 0 Å². The molecule has 16 heteroatoms. The lowest BCUT2D eigenvalue weighted by Gasteiger charge is -2.26. The average Bonchev–Trinajstić information content (AvgIpc) is 3.21. The number of ether oxygens (including phenoxy) is 2. The summed E-state index contributed by atoms with van der Waals surface area (Å²) >= 11 is 0. The molecule has 300 valence electrons. The van der Waals surface area contributed by atoms with E-state index in [1.54, 1.807) is 24.3 Å². The Morgan fingerprint density at radius 3 is 0.915 bits per heavy atom. The lowest BCUT2D eigenvalue weighted by Crippen LogP contribution is -2.18. The molecule has 0 heterocycles. The maximum absolute atomic E-state index is 13.2. The van der Waals surface area contributed by atoms with Gasteiger partial charge in [0.2, 0.25) is 19.7 Å². The summed E-state index contributed by atoms with van der Waals surface area (Å²) in [6, 6.07) is 31.1. The van der Waals surface area contributed by atoms with Crippen LogP contribution in [0.15, 0.2) is 153 Å². The summed E-state index contributed by atoms with van der Waals surface area (Å²) in [7, 11) is -8.36. The van der Waals surface area contributed by atoms with E-state index in [-0.39, 0.29) is 19.6 Å². The SMILES string of the molecule is CC(C)(c1ccc(Oc2ccc(S(=O)(=O)c3ccc(C(=O)O)c(C(=O)O)c3)cc2)cc1)c1ccc(Oc2ccc(S(=O)(=O)c3ccc(C(=O)O)c(C(=O)O)c3)cc2)cc1. The van der Waals surface area contributed by atoms with Crippen LogP contribution in [0.3, 0.4) is 0 Å². The van der Waals surface area contributed by atoms with E-state index in [1.165, 1.54) is 48.5 Å². The first-order valence-electron chi connectivity index (χ1n) is 17.3. The molecule has 0 unspecified atom stereocenters. The smallest absolute Gasteiger partial charge is 0.336 e. The fraction of sp³-hybridized carbons (Fsp3) is 0.0698. The number of sulfone groups is 2. The topological polar surface area (TPSA) is 236 Å². The summed E-state index contributed by atoms with van der Waals surface area (Å²) < 4.78 is 64.7. The number of carbonyl (C=O) groups is 4. The quantitative estimate of drug-likeness (QED) is 0.0812. The second-order valence-corrected chi connectivity index (χ2v) is 17.4. The molecule has 0 aliphatic carbocycles. The predicted octanol–water partition coefficient (Wildman–Crippen LogP) is 8.06. The Morgan fingerprint density at radius 2 is 0.644 bits per heavy atom. The highest BCUT2D eigenvalue weighted by Gasteiger charge is 2.26. The molecule has 0 radical (unpaired) electrons. The van der Waals surface area contributed by atoms with Gasteiger partial charge in [-0.05, 0) is 120 Å². The van der Waals surface area contributed by atoms with Crippen LogP contribution in [-0.4, -0.2) is 61.1 Å². The van der Waals surface area contributed by atoms with Crippen molar-refractivity contribution in [2.24, 2.45) is 0 Å². The minimum absolute atomic E-state index is 0.149. The Morgan fingerprint density at radius 1 is 0.390 bits per heavy atom. The molecule has 6 aromatic rings. The zero-order valence-corrected chi connectivity index (χ0v) is 32.5. The van der Waals surface area contributed by atoms with Crippen LogP contribution in [0.1, 0.15) is 66.4 Å². The van der Waals surface area contributed by atoms with Crippen LogP contribution in [0.25, 0.3) is 0 Å². The van der Waals surface area contributed by atoms with Gasteiger partial charge >= 0.3 is 23.9 Å². The molecule has 0 aromatic heterocycles. The van der Waals surface area contributed by atoms with Gasteiger partial charge in [0, 0.05) is 5.41 Å². The van der Waals surface area contributed by atoms with Crippen molar-refractivity contribution >= 4 is 43.6 Å². The third-order valence-electron chi connectivity index (χ3n) is 9.42. The Bertz CT molecular complexity index is 2650. The van der Waals surface area contributed by atoms with Crippen molar-refractivity contribution in [3.05, 3.63) is 167 Å². The van der Waals surface area contributed by atoms with Crippen LogP contribution in [0, 0.1) is 0 Å². The first-order valence-corrected chi connectivity index (χ1v) is 20.2. The molecular weight excluding hydrogens is 805 g/mol. The van der Waals surface area contributed by atoms with E-state index in [0.29, 0.717) is 23.0 Å². The second kappa shape index (κ2) is 15.9. The highest BCUT2D eigenvalue weighted by atomic mass is 32.2. The molecule has 0 aliphatic rings. The lowest BCUT2D eigenvalue weighted by atomic mass is 9.78. The molecule has 0 saturated heterocycles. The Balaban J connectivity index is 1.10. The zero-order chi connectivity index (χ0) is 42.9. The molecule has 0 fully saturated rings. The highest BCUT2D eigenvalue weighted by Crippen LogP contribution is 2.36. The molecule has 0 bridgehead atoms. The number of carboxylic acids is 4. The molecular formula is C43H32O14S2. The minimum atomic E-state index is -4.18. The van der Waals surface area contributed by atoms with E-state index in [1.807, 2.05) is 38.1 Å². The lowest BCUT2D eigenvalue weighted by molar-refractivity contribution is 0.0651. The Kier molecular flexibility index (Phi) is 11.2.